The number of rotatable bonds is 17. The number of nitrogens with zero attached hydrogens (tertiary/aromatic N) is 1. The van der Waals surface area contributed by atoms with Gasteiger partial charge in [0.2, 0.25) is 0 Å². The molecule has 1 aromatic carbocycles. The Labute approximate surface area is 178 Å². The molecule has 5 heteroatoms. The number of carbonyl (C=O) groups is 1. The lowest BCUT2D eigenvalue weighted by atomic mass is 10.0. The summed E-state index contributed by atoms with van der Waals surface area (Å²) in [6.07, 6.45) is 12.0. The molecule has 0 aliphatic heterocycles. The van der Waals surface area contributed by atoms with Gasteiger partial charge in [-0.1, -0.05) is 82.2 Å². The summed E-state index contributed by atoms with van der Waals surface area (Å²) in [5.74, 6) is 0.0256. The van der Waals surface area contributed by atoms with Crippen LogP contribution in [0.25, 0.3) is 0 Å². The molecule has 0 bridgehead atoms. The van der Waals surface area contributed by atoms with E-state index in [4.69, 9.17) is 4.84 Å². The molecule has 1 atom stereocenters. The van der Waals surface area contributed by atoms with Crippen LogP contribution in [0.1, 0.15) is 76.7 Å². The molecule has 5 nitrogen and oxygen atoms in total. The molecule has 0 aliphatic rings. The maximum absolute atomic E-state index is 12.9. The number of carbonyl (C=O) groups excluding carboxylic acids is 1. The SMILES string of the molecule is CCCCCCCCCCC([NH3+])C(=O)N(CCC[NH+](C)C)OCc1ccccc1. The fraction of sp³-hybridized carbons (Fsp3) is 0.708. The van der Waals surface area contributed by atoms with Crippen molar-refractivity contribution in [3.8, 4) is 0 Å². The zero-order valence-electron chi connectivity index (χ0n) is 19.1. The zero-order chi connectivity index (χ0) is 21.3. The number of hydrogen-bond donors (Lipinski definition) is 2. The van der Waals surface area contributed by atoms with E-state index in [-0.39, 0.29) is 11.9 Å². The quantitative estimate of drug-likeness (QED) is 0.308. The standard InChI is InChI=1S/C24H43N3O2/c1-4-5-6-7-8-9-10-14-18-23(25)24(28)27(20-15-19-26(2)3)29-21-22-16-12-11-13-17-22/h11-13,16-17,23H,4-10,14-15,18-21,25H2,1-3H3/p+2. The summed E-state index contributed by atoms with van der Waals surface area (Å²) < 4.78 is 0. The van der Waals surface area contributed by atoms with Gasteiger partial charge >= 0.3 is 5.91 Å². The number of benzene rings is 1. The summed E-state index contributed by atoms with van der Waals surface area (Å²) in [6, 6.07) is 9.79. The summed E-state index contributed by atoms with van der Waals surface area (Å²) in [7, 11) is 4.26. The largest absolute Gasteiger partial charge is 0.347 e. The highest BCUT2D eigenvalue weighted by Crippen LogP contribution is 2.11. The molecular formula is C24H45N3O2+2. The Hall–Kier alpha value is -1.43. The van der Waals surface area contributed by atoms with Crippen LogP contribution < -0.4 is 10.6 Å². The highest BCUT2D eigenvalue weighted by atomic mass is 16.7. The highest BCUT2D eigenvalue weighted by molar-refractivity contribution is 5.79. The second-order valence-corrected chi connectivity index (χ2v) is 8.47. The third-order valence-corrected chi connectivity index (χ3v) is 5.27. The third kappa shape index (κ3) is 12.7. The highest BCUT2D eigenvalue weighted by Gasteiger charge is 2.24. The maximum atomic E-state index is 12.9. The van der Waals surface area contributed by atoms with Gasteiger partial charge < -0.3 is 10.6 Å². The number of hydrogen-bond acceptors (Lipinski definition) is 2. The van der Waals surface area contributed by atoms with Gasteiger partial charge in [-0.15, -0.1) is 0 Å². The van der Waals surface area contributed by atoms with Gasteiger partial charge in [0.25, 0.3) is 0 Å². The Bertz CT molecular complexity index is 522. The molecule has 0 spiro atoms. The second kappa shape index (κ2) is 16.4. The van der Waals surface area contributed by atoms with Crippen molar-refractivity contribution in [1.29, 1.82) is 0 Å². The zero-order valence-corrected chi connectivity index (χ0v) is 19.1. The molecule has 0 saturated heterocycles. The fourth-order valence-electron chi connectivity index (χ4n) is 3.39. The topological polar surface area (TPSA) is 61.6 Å². The average molecular weight is 408 g/mol. The van der Waals surface area contributed by atoms with Crippen LogP contribution in [0.5, 0.6) is 0 Å². The van der Waals surface area contributed by atoms with Crippen molar-refractivity contribution in [2.75, 3.05) is 27.2 Å². The Morgan fingerprint density at radius 2 is 1.62 bits per heavy atom. The van der Waals surface area contributed by atoms with Gasteiger partial charge in [0.05, 0.1) is 27.2 Å². The molecule has 0 saturated carbocycles. The first kappa shape index (κ1) is 25.6. The molecule has 29 heavy (non-hydrogen) atoms. The normalized spacial score (nSPS) is 12.3. The smallest absolute Gasteiger partial charge is 0.304 e. The van der Waals surface area contributed by atoms with Crippen molar-refractivity contribution in [2.45, 2.75) is 83.8 Å². The van der Waals surface area contributed by atoms with Crippen molar-refractivity contribution in [3.63, 3.8) is 0 Å². The Kier molecular flexibility index (Phi) is 14.5. The summed E-state index contributed by atoms with van der Waals surface area (Å²) >= 11 is 0. The van der Waals surface area contributed by atoms with Crippen LogP contribution in [-0.4, -0.2) is 44.2 Å². The van der Waals surface area contributed by atoms with Gasteiger partial charge in [0.15, 0.2) is 6.04 Å². The molecule has 1 unspecified atom stereocenters. The van der Waals surface area contributed by atoms with Crippen LogP contribution in [0.3, 0.4) is 0 Å². The van der Waals surface area contributed by atoms with E-state index >= 15 is 0 Å². The summed E-state index contributed by atoms with van der Waals surface area (Å²) in [4.78, 5) is 20.2. The van der Waals surface area contributed by atoms with Crippen LogP contribution in [0.4, 0.5) is 0 Å². The van der Waals surface area contributed by atoms with Crippen LogP contribution in [0.15, 0.2) is 30.3 Å². The van der Waals surface area contributed by atoms with Crippen LogP contribution in [0.2, 0.25) is 0 Å². The van der Waals surface area contributed by atoms with Crippen LogP contribution in [-0.2, 0) is 16.2 Å². The first-order chi connectivity index (χ1) is 14.0. The van der Waals surface area contributed by atoms with E-state index in [0.717, 1.165) is 31.4 Å². The lowest BCUT2D eigenvalue weighted by Gasteiger charge is -2.24. The lowest BCUT2D eigenvalue weighted by Crippen LogP contribution is -3.05. The van der Waals surface area contributed by atoms with E-state index in [1.807, 2.05) is 30.3 Å². The van der Waals surface area contributed by atoms with Crippen molar-refractivity contribution in [3.05, 3.63) is 35.9 Å². The molecule has 0 aromatic heterocycles. The van der Waals surface area contributed by atoms with E-state index in [9.17, 15) is 4.79 Å². The van der Waals surface area contributed by atoms with E-state index < -0.39 is 0 Å². The number of quaternary nitrogens is 2. The van der Waals surface area contributed by atoms with Crippen molar-refractivity contribution < 1.29 is 20.3 Å². The summed E-state index contributed by atoms with van der Waals surface area (Å²) in [6.45, 7) is 4.31. The summed E-state index contributed by atoms with van der Waals surface area (Å²) in [5.41, 5.74) is 5.22. The molecule has 1 amide bonds. The lowest BCUT2D eigenvalue weighted by molar-refractivity contribution is -0.858. The van der Waals surface area contributed by atoms with Gasteiger partial charge in [0.1, 0.15) is 6.61 Å². The van der Waals surface area contributed by atoms with Crippen molar-refractivity contribution in [1.82, 2.24) is 5.06 Å². The predicted molar refractivity (Wildman–Crippen MR) is 119 cm³/mol. The minimum absolute atomic E-state index is 0.0256. The van der Waals surface area contributed by atoms with Gasteiger partial charge in [-0.25, -0.2) is 5.06 Å². The van der Waals surface area contributed by atoms with E-state index in [2.05, 4.69) is 26.8 Å². The maximum Gasteiger partial charge on any atom is 0.304 e. The molecule has 4 N–H and O–H groups in total. The van der Waals surface area contributed by atoms with Crippen LogP contribution >= 0.6 is 0 Å². The van der Waals surface area contributed by atoms with Gasteiger partial charge in [0, 0.05) is 12.8 Å². The molecule has 0 heterocycles. The summed E-state index contributed by atoms with van der Waals surface area (Å²) in [5, 5.41) is 1.57. The molecule has 1 aromatic rings. The van der Waals surface area contributed by atoms with E-state index in [0.29, 0.717) is 13.2 Å². The second-order valence-electron chi connectivity index (χ2n) is 8.47. The fourth-order valence-corrected chi connectivity index (χ4v) is 3.39. The number of nitrogens with one attached hydrogen (secondary N) is 1. The third-order valence-electron chi connectivity index (χ3n) is 5.27. The molecule has 0 aliphatic carbocycles. The minimum Gasteiger partial charge on any atom is -0.347 e. The minimum atomic E-state index is -0.224. The predicted octanol–water partition coefficient (Wildman–Crippen LogP) is 2.62. The Morgan fingerprint density at radius 3 is 2.24 bits per heavy atom. The number of unbranched alkanes of at least 4 members (excludes halogenated alkanes) is 7. The van der Waals surface area contributed by atoms with E-state index in [1.54, 1.807) is 5.06 Å². The first-order valence-corrected chi connectivity index (χ1v) is 11.6. The van der Waals surface area contributed by atoms with Crippen LogP contribution in [0, 0.1) is 0 Å². The molecular weight excluding hydrogens is 362 g/mol. The van der Waals surface area contributed by atoms with Gasteiger partial charge in [-0.3, -0.25) is 9.63 Å². The van der Waals surface area contributed by atoms with E-state index in [1.165, 1.54) is 49.8 Å². The van der Waals surface area contributed by atoms with Crippen molar-refractivity contribution in [2.24, 2.45) is 0 Å². The monoisotopic (exact) mass is 407 g/mol. The first-order valence-electron chi connectivity index (χ1n) is 11.6. The van der Waals surface area contributed by atoms with Gasteiger partial charge in [-0.2, -0.15) is 0 Å². The molecule has 166 valence electrons. The molecule has 1 rings (SSSR count). The Morgan fingerprint density at radius 1 is 1.00 bits per heavy atom. The van der Waals surface area contributed by atoms with Gasteiger partial charge in [-0.05, 0) is 12.0 Å². The average Bonchev–Trinajstić information content (AvgIpc) is 2.72. The number of hydroxylamine groups is 2. The molecule has 0 radical (unpaired) electrons. The van der Waals surface area contributed by atoms with Crippen molar-refractivity contribution >= 4 is 5.91 Å². The molecule has 0 fully saturated rings. The Balaban J connectivity index is 2.38. The number of amides is 1.